The first-order chi connectivity index (χ1) is 9.63. The molecule has 4 nitrogen and oxygen atoms in total. The molecule has 0 bridgehead atoms. The second-order valence-electron chi connectivity index (χ2n) is 5.33. The highest BCUT2D eigenvalue weighted by atomic mass is 35.5. The highest BCUT2D eigenvalue weighted by Gasteiger charge is 2.25. The van der Waals surface area contributed by atoms with Crippen LogP contribution in [-0.2, 0) is 0 Å². The van der Waals surface area contributed by atoms with Gasteiger partial charge in [0.2, 0.25) is 0 Å². The molecule has 1 aliphatic rings. The lowest BCUT2D eigenvalue weighted by atomic mass is 9.80. The first-order valence-electron chi connectivity index (χ1n) is 7.04. The molecule has 4 N–H and O–H groups in total. The van der Waals surface area contributed by atoms with Crippen molar-refractivity contribution in [3.63, 3.8) is 0 Å². The molecule has 1 amide bonds. The summed E-state index contributed by atoms with van der Waals surface area (Å²) in [6.07, 6.45) is 4.72. The highest BCUT2D eigenvalue weighted by Crippen LogP contribution is 2.31. The summed E-state index contributed by atoms with van der Waals surface area (Å²) in [5, 5.41) is 0.328. The first kappa shape index (κ1) is 15.1. The molecule has 1 fully saturated rings. The van der Waals surface area contributed by atoms with Crippen LogP contribution in [0.5, 0.6) is 5.75 Å². The second-order valence-corrected chi connectivity index (χ2v) is 5.74. The number of primary amides is 1. The van der Waals surface area contributed by atoms with E-state index < -0.39 is 5.91 Å². The number of rotatable bonds is 5. The average Bonchev–Trinajstić information content (AvgIpc) is 2.45. The van der Waals surface area contributed by atoms with E-state index in [4.69, 9.17) is 27.8 Å². The Labute approximate surface area is 124 Å². The van der Waals surface area contributed by atoms with Gasteiger partial charge in [-0.3, -0.25) is 4.79 Å². The van der Waals surface area contributed by atoms with Crippen LogP contribution in [0.2, 0.25) is 5.02 Å². The summed E-state index contributed by atoms with van der Waals surface area (Å²) in [5.74, 6) is 0.837. The standard InChI is InChI=1S/C15H21ClN2O2/c16-12-6-3-7-13(14(12)15(18)19)20-9-11-5-2-1-4-10(11)8-17/h3,6-7,10-11H,1-2,4-5,8-9,17H2,(H2,18,19). The fourth-order valence-corrected chi connectivity index (χ4v) is 3.13. The van der Waals surface area contributed by atoms with Crippen LogP contribution in [0.25, 0.3) is 0 Å². The summed E-state index contributed by atoms with van der Waals surface area (Å²) in [6, 6.07) is 5.12. The van der Waals surface area contributed by atoms with Crippen molar-refractivity contribution in [2.45, 2.75) is 25.7 Å². The van der Waals surface area contributed by atoms with Crippen LogP contribution in [-0.4, -0.2) is 19.1 Å². The number of benzene rings is 1. The van der Waals surface area contributed by atoms with E-state index in [0.29, 0.717) is 35.8 Å². The number of hydrogen-bond acceptors (Lipinski definition) is 3. The third kappa shape index (κ3) is 3.44. The lowest BCUT2D eigenvalue weighted by molar-refractivity contribution is 0.0992. The Hall–Kier alpha value is -1.26. The van der Waals surface area contributed by atoms with Crippen LogP contribution >= 0.6 is 11.6 Å². The zero-order valence-electron chi connectivity index (χ0n) is 11.5. The zero-order valence-corrected chi connectivity index (χ0v) is 12.2. The van der Waals surface area contributed by atoms with Crippen LogP contribution < -0.4 is 16.2 Å². The fraction of sp³-hybridized carbons (Fsp3) is 0.533. The van der Waals surface area contributed by atoms with Crippen LogP contribution in [0.3, 0.4) is 0 Å². The Kier molecular flexibility index (Phi) is 5.26. The fourth-order valence-electron chi connectivity index (χ4n) is 2.87. The van der Waals surface area contributed by atoms with Crippen molar-refractivity contribution in [2.75, 3.05) is 13.2 Å². The summed E-state index contributed by atoms with van der Waals surface area (Å²) in [5.41, 5.74) is 11.4. The Morgan fingerprint density at radius 2 is 2.00 bits per heavy atom. The van der Waals surface area contributed by atoms with Gasteiger partial charge in [-0.25, -0.2) is 0 Å². The molecule has 0 heterocycles. The smallest absolute Gasteiger partial charge is 0.253 e. The predicted octanol–water partition coefficient (Wildman–Crippen LogP) is 2.58. The van der Waals surface area contributed by atoms with Gasteiger partial charge in [-0.1, -0.05) is 30.5 Å². The molecular formula is C15H21ClN2O2. The SMILES string of the molecule is NCC1CCCCC1COc1cccc(Cl)c1C(N)=O. The van der Waals surface area contributed by atoms with Crippen molar-refractivity contribution in [1.82, 2.24) is 0 Å². The second kappa shape index (κ2) is 6.95. The molecule has 1 aromatic carbocycles. The van der Waals surface area contributed by atoms with Crippen molar-refractivity contribution in [1.29, 1.82) is 0 Å². The van der Waals surface area contributed by atoms with Gasteiger partial charge in [0.15, 0.2) is 0 Å². The van der Waals surface area contributed by atoms with E-state index in [-0.39, 0.29) is 5.56 Å². The van der Waals surface area contributed by atoms with Crippen LogP contribution in [0.1, 0.15) is 36.0 Å². The van der Waals surface area contributed by atoms with Gasteiger partial charge in [-0.2, -0.15) is 0 Å². The minimum atomic E-state index is -0.565. The number of ether oxygens (including phenoxy) is 1. The zero-order chi connectivity index (χ0) is 14.5. The maximum atomic E-state index is 11.5. The van der Waals surface area contributed by atoms with Crippen molar-refractivity contribution >= 4 is 17.5 Å². The summed E-state index contributed by atoms with van der Waals surface area (Å²) < 4.78 is 5.81. The van der Waals surface area contributed by atoms with Crippen molar-refractivity contribution in [2.24, 2.45) is 23.3 Å². The third-order valence-electron chi connectivity index (χ3n) is 4.04. The van der Waals surface area contributed by atoms with Gasteiger partial charge in [-0.15, -0.1) is 0 Å². The van der Waals surface area contributed by atoms with E-state index in [9.17, 15) is 4.79 Å². The normalized spacial score (nSPS) is 22.5. The van der Waals surface area contributed by atoms with E-state index in [1.54, 1.807) is 18.2 Å². The van der Waals surface area contributed by atoms with Gasteiger partial charge >= 0.3 is 0 Å². The highest BCUT2D eigenvalue weighted by molar-refractivity contribution is 6.34. The number of halogens is 1. The van der Waals surface area contributed by atoms with Gasteiger partial charge in [0, 0.05) is 0 Å². The lowest BCUT2D eigenvalue weighted by Gasteiger charge is -2.30. The number of carbonyl (C=O) groups is 1. The van der Waals surface area contributed by atoms with Crippen LogP contribution in [0.4, 0.5) is 0 Å². The molecule has 1 aromatic rings. The molecule has 1 aliphatic carbocycles. The molecule has 2 rings (SSSR count). The maximum Gasteiger partial charge on any atom is 0.253 e. The van der Waals surface area contributed by atoms with Gasteiger partial charge < -0.3 is 16.2 Å². The molecular weight excluding hydrogens is 276 g/mol. The average molecular weight is 297 g/mol. The quantitative estimate of drug-likeness (QED) is 0.876. The van der Waals surface area contributed by atoms with Crippen LogP contribution in [0, 0.1) is 11.8 Å². The minimum absolute atomic E-state index is 0.259. The molecule has 0 radical (unpaired) electrons. The third-order valence-corrected chi connectivity index (χ3v) is 4.36. The largest absolute Gasteiger partial charge is 0.492 e. The monoisotopic (exact) mass is 296 g/mol. The molecule has 0 aromatic heterocycles. The lowest BCUT2D eigenvalue weighted by Crippen LogP contribution is -2.31. The number of carbonyl (C=O) groups excluding carboxylic acids is 1. The molecule has 5 heteroatoms. The molecule has 2 atom stereocenters. The van der Waals surface area contributed by atoms with Crippen molar-refractivity contribution in [3.05, 3.63) is 28.8 Å². The summed E-state index contributed by atoms with van der Waals surface area (Å²) >= 11 is 6.00. The van der Waals surface area contributed by atoms with E-state index in [1.807, 2.05) is 0 Å². The summed E-state index contributed by atoms with van der Waals surface area (Å²) in [7, 11) is 0. The molecule has 110 valence electrons. The molecule has 0 aliphatic heterocycles. The van der Waals surface area contributed by atoms with Gasteiger partial charge in [0.05, 0.1) is 17.2 Å². The van der Waals surface area contributed by atoms with Crippen LogP contribution in [0.15, 0.2) is 18.2 Å². The van der Waals surface area contributed by atoms with Crippen molar-refractivity contribution in [3.8, 4) is 5.75 Å². The Bertz CT molecular complexity index is 479. The molecule has 0 saturated heterocycles. The first-order valence-corrected chi connectivity index (χ1v) is 7.42. The van der Waals surface area contributed by atoms with E-state index in [1.165, 1.54) is 12.8 Å². The minimum Gasteiger partial charge on any atom is -0.492 e. The summed E-state index contributed by atoms with van der Waals surface area (Å²) in [4.78, 5) is 11.5. The van der Waals surface area contributed by atoms with Gasteiger partial charge in [0.1, 0.15) is 5.75 Å². The molecule has 2 unspecified atom stereocenters. The predicted molar refractivity (Wildman–Crippen MR) is 80.0 cm³/mol. The van der Waals surface area contributed by atoms with Crippen molar-refractivity contribution < 1.29 is 9.53 Å². The molecule has 0 spiro atoms. The van der Waals surface area contributed by atoms with Gasteiger partial charge in [0.25, 0.3) is 5.91 Å². The number of hydrogen-bond donors (Lipinski definition) is 2. The molecule has 20 heavy (non-hydrogen) atoms. The summed E-state index contributed by atoms with van der Waals surface area (Å²) in [6.45, 7) is 1.24. The molecule has 1 saturated carbocycles. The number of nitrogens with two attached hydrogens (primary N) is 2. The maximum absolute atomic E-state index is 11.5. The Morgan fingerprint density at radius 3 is 2.65 bits per heavy atom. The Balaban J connectivity index is 2.07. The van der Waals surface area contributed by atoms with E-state index in [2.05, 4.69) is 0 Å². The topological polar surface area (TPSA) is 78.3 Å². The Morgan fingerprint density at radius 1 is 1.30 bits per heavy atom. The van der Waals surface area contributed by atoms with E-state index in [0.717, 1.165) is 12.8 Å². The number of amides is 1. The van der Waals surface area contributed by atoms with Gasteiger partial charge in [-0.05, 0) is 43.4 Å². The van der Waals surface area contributed by atoms with E-state index >= 15 is 0 Å².